The number of aromatic nitrogens is 4. The van der Waals surface area contributed by atoms with Gasteiger partial charge in [-0.3, -0.25) is 14.0 Å². The van der Waals surface area contributed by atoms with Crippen molar-refractivity contribution in [2.45, 2.75) is 50.7 Å². The molecular weight excluding hydrogens is 450 g/mol. The van der Waals surface area contributed by atoms with Crippen molar-refractivity contribution in [1.29, 1.82) is 0 Å². The summed E-state index contributed by atoms with van der Waals surface area (Å²) in [6, 6.07) is 14.7. The van der Waals surface area contributed by atoms with Gasteiger partial charge in [0.2, 0.25) is 11.7 Å². The number of carbonyl (C=O) groups is 1. The quantitative estimate of drug-likeness (QED) is 0.271. The van der Waals surface area contributed by atoms with Gasteiger partial charge in [0, 0.05) is 12.1 Å². The zero-order chi connectivity index (χ0) is 24.1. The lowest BCUT2D eigenvalue weighted by Gasteiger charge is -2.14. The minimum atomic E-state index is -0.195. The molecule has 8 nitrogen and oxygen atoms in total. The molecule has 1 amide bonds. The lowest BCUT2D eigenvalue weighted by molar-refractivity contribution is -0.119. The molecule has 0 aliphatic heterocycles. The van der Waals surface area contributed by atoms with Gasteiger partial charge in [-0.1, -0.05) is 56.1 Å². The lowest BCUT2D eigenvalue weighted by Crippen LogP contribution is -2.33. The van der Waals surface area contributed by atoms with Crippen LogP contribution >= 0.6 is 11.8 Å². The SMILES string of the molecule is CCCCCC(C)NC(=O)CSc1nnc2n(-c3cccc(OC)c3)c(=O)c3ccccc3n12. The highest BCUT2D eigenvalue weighted by Crippen LogP contribution is 2.24. The molecule has 1 N–H and O–H groups in total. The average molecular weight is 480 g/mol. The van der Waals surface area contributed by atoms with E-state index in [1.807, 2.05) is 47.7 Å². The summed E-state index contributed by atoms with van der Waals surface area (Å²) in [6.07, 6.45) is 4.40. The molecule has 4 rings (SSSR count). The Bertz CT molecular complexity index is 1360. The van der Waals surface area contributed by atoms with Gasteiger partial charge >= 0.3 is 0 Å². The van der Waals surface area contributed by atoms with Gasteiger partial charge in [-0.05, 0) is 37.6 Å². The summed E-state index contributed by atoms with van der Waals surface area (Å²) >= 11 is 1.30. The van der Waals surface area contributed by atoms with Crippen molar-refractivity contribution >= 4 is 34.3 Å². The summed E-state index contributed by atoms with van der Waals surface area (Å²) in [5, 5.41) is 12.8. The normalized spacial score (nSPS) is 12.2. The molecule has 0 bridgehead atoms. The Morgan fingerprint density at radius 1 is 1.15 bits per heavy atom. The van der Waals surface area contributed by atoms with Crippen LogP contribution in [0.2, 0.25) is 0 Å². The third-order valence-electron chi connectivity index (χ3n) is 5.69. The van der Waals surface area contributed by atoms with E-state index in [1.165, 1.54) is 22.7 Å². The van der Waals surface area contributed by atoms with Crippen molar-refractivity contribution < 1.29 is 9.53 Å². The van der Waals surface area contributed by atoms with Gasteiger partial charge in [-0.15, -0.1) is 10.2 Å². The average Bonchev–Trinajstić information content (AvgIpc) is 3.27. The zero-order valence-corrected chi connectivity index (χ0v) is 20.5. The molecule has 178 valence electrons. The first kappa shape index (κ1) is 23.8. The van der Waals surface area contributed by atoms with E-state index in [2.05, 4.69) is 22.4 Å². The van der Waals surface area contributed by atoms with Crippen LogP contribution in [0.4, 0.5) is 0 Å². The fraction of sp³-hybridized carbons (Fsp3) is 0.360. The molecule has 1 atom stereocenters. The van der Waals surface area contributed by atoms with Crippen molar-refractivity contribution in [2.24, 2.45) is 0 Å². The van der Waals surface area contributed by atoms with Crippen LogP contribution in [-0.2, 0) is 4.79 Å². The van der Waals surface area contributed by atoms with Gasteiger partial charge in [0.1, 0.15) is 5.75 Å². The zero-order valence-electron chi connectivity index (χ0n) is 19.7. The van der Waals surface area contributed by atoms with E-state index in [0.717, 1.165) is 19.3 Å². The number of methoxy groups -OCH3 is 1. The Labute approximate surface area is 202 Å². The second kappa shape index (κ2) is 10.7. The highest BCUT2D eigenvalue weighted by Gasteiger charge is 2.19. The molecule has 0 saturated heterocycles. The predicted molar refractivity (Wildman–Crippen MR) is 135 cm³/mol. The monoisotopic (exact) mass is 479 g/mol. The molecule has 2 heterocycles. The fourth-order valence-corrected chi connectivity index (χ4v) is 4.72. The van der Waals surface area contributed by atoms with E-state index in [-0.39, 0.29) is 23.3 Å². The van der Waals surface area contributed by atoms with E-state index >= 15 is 0 Å². The van der Waals surface area contributed by atoms with Crippen LogP contribution in [0.5, 0.6) is 5.75 Å². The molecule has 34 heavy (non-hydrogen) atoms. The molecule has 0 aliphatic carbocycles. The Morgan fingerprint density at radius 2 is 1.97 bits per heavy atom. The molecule has 4 aromatic rings. The van der Waals surface area contributed by atoms with Crippen molar-refractivity contribution in [3.05, 3.63) is 58.9 Å². The third kappa shape index (κ3) is 4.94. The van der Waals surface area contributed by atoms with E-state index in [0.29, 0.717) is 33.3 Å². The number of hydrogen-bond donors (Lipinski definition) is 1. The number of hydrogen-bond acceptors (Lipinski definition) is 6. The maximum Gasteiger partial charge on any atom is 0.267 e. The molecule has 2 aromatic carbocycles. The predicted octanol–water partition coefficient (Wildman–Crippen LogP) is 4.22. The number of para-hydroxylation sites is 1. The van der Waals surface area contributed by atoms with Crippen LogP contribution in [-0.4, -0.2) is 44.0 Å². The molecule has 2 aromatic heterocycles. The Morgan fingerprint density at radius 3 is 2.76 bits per heavy atom. The molecule has 0 saturated carbocycles. The Hall–Kier alpha value is -3.33. The van der Waals surface area contributed by atoms with Gasteiger partial charge in [0.05, 0.1) is 29.5 Å². The fourth-order valence-electron chi connectivity index (χ4n) is 3.97. The lowest BCUT2D eigenvalue weighted by atomic mass is 10.1. The van der Waals surface area contributed by atoms with Crippen molar-refractivity contribution in [3.63, 3.8) is 0 Å². The summed E-state index contributed by atoms with van der Waals surface area (Å²) in [5.74, 6) is 1.18. The summed E-state index contributed by atoms with van der Waals surface area (Å²) in [5.41, 5.74) is 1.13. The van der Waals surface area contributed by atoms with E-state index in [4.69, 9.17) is 4.74 Å². The first-order chi connectivity index (χ1) is 16.5. The van der Waals surface area contributed by atoms with Gasteiger partial charge in [-0.2, -0.15) is 0 Å². The Balaban J connectivity index is 1.68. The van der Waals surface area contributed by atoms with E-state index in [1.54, 1.807) is 19.2 Å². The number of benzene rings is 2. The number of unbranched alkanes of at least 4 members (excludes halogenated alkanes) is 2. The van der Waals surface area contributed by atoms with Crippen LogP contribution in [0.3, 0.4) is 0 Å². The number of ether oxygens (including phenoxy) is 1. The summed E-state index contributed by atoms with van der Waals surface area (Å²) < 4.78 is 8.70. The molecule has 1 unspecified atom stereocenters. The second-order valence-electron chi connectivity index (χ2n) is 8.23. The topological polar surface area (TPSA) is 90.5 Å². The first-order valence-corrected chi connectivity index (χ1v) is 12.5. The molecule has 0 fully saturated rings. The largest absolute Gasteiger partial charge is 0.497 e. The van der Waals surface area contributed by atoms with Crippen LogP contribution in [0, 0.1) is 0 Å². The molecular formula is C25H29N5O3S. The molecule has 0 spiro atoms. The number of carbonyl (C=O) groups excluding carboxylic acids is 1. The smallest absolute Gasteiger partial charge is 0.267 e. The van der Waals surface area contributed by atoms with E-state index in [9.17, 15) is 9.59 Å². The molecule has 0 aliphatic rings. The van der Waals surface area contributed by atoms with Gasteiger partial charge < -0.3 is 10.1 Å². The van der Waals surface area contributed by atoms with Crippen molar-refractivity contribution in [2.75, 3.05) is 12.9 Å². The summed E-state index contributed by atoms with van der Waals surface area (Å²) in [4.78, 5) is 26.0. The standard InChI is InChI=1S/C25H29N5O3S/c1-4-5-6-10-17(2)26-22(31)16-34-25-28-27-24-29(18-11-9-12-19(15-18)33-3)23(32)20-13-7-8-14-21(20)30(24)25/h7-9,11-15,17H,4-6,10,16H2,1-3H3,(H,26,31). The highest BCUT2D eigenvalue weighted by molar-refractivity contribution is 7.99. The second-order valence-corrected chi connectivity index (χ2v) is 9.17. The van der Waals surface area contributed by atoms with E-state index < -0.39 is 0 Å². The number of nitrogens with zero attached hydrogens (tertiary/aromatic N) is 4. The Kier molecular flexibility index (Phi) is 7.52. The summed E-state index contributed by atoms with van der Waals surface area (Å²) in [6.45, 7) is 4.20. The molecule has 9 heteroatoms. The maximum atomic E-state index is 13.4. The minimum absolute atomic E-state index is 0.0452. The number of thioether (sulfide) groups is 1. The van der Waals surface area contributed by atoms with Gasteiger partial charge in [-0.25, -0.2) is 4.57 Å². The van der Waals surface area contributed by atoms with Crippen LogP contribution in [0.15, 0.2) is 58.5 Å². The van der Waals surface area contributed by atoms with Crippen LogP contribution in [0.25, 0.3) is 22.4 Å². The first-order valence-electron chi connectivity index (χ1n) is 11.5. The number of fused-ring (bicyclic) bond motifs is 3. The van der Waals surface area contributed by atoms with Gasteiger partial charge in [0.25, 0.3) is 5.56 Å². The van der Waals surface area contributed by atoms with Crippen molar-refractivity contribution in [1.82, 2.24) is 24.5 Å². The minimum Gasteiger partial charge on any atom is -0.497 e. The van der Waals surface area contributed by atoms with Crippen molar-refractivity contribution in [3.8, 4) is 11.4 Å². The van der Waals surface area contributed by atoms with Crippen LogP contribution < -0.4 is 15.6 Å². The third-order valence-corrected chi connectivity index (χ3v) is 6.62. The van der Waals surface area contributed by atoms with Crippen LogP contribution in [0.1, 0.15) is 39.5 Å². The summed E-state index contributed by atoms with van der Waals surface area (Å²) in [7, 11) is 1.58. The maximum absolute atomic E-state index is 13.4. The number of nitrogens with one attached hydrogen (secondary N) is 1. The van der Waals surface area contributed by atoms with Gasteiger partial charge in [0.15, 0.2) is 5.16 Å². The molecule has 0 radical (unpaired) electrons. The number of rotatable bonds is 10. The highest BCUT2D eigenvalue weighted by atomic mass is 32.2. The number of amides is 1.